The van der Waals surface area contributed by atoms with Crippen LogP contribution in [0, 0.1) is 6.92 Å². The van der Waals surface area contributed by atoms with Crippen LogP contribution in [0.1, 0.15) is 21.6 Å². The molecule has 6 heteroatoms. The summed E-state index contributed by atoms with van der Waals surface area (Å²) in [6.45, 7) is 2.01. The molecule has 0 unspecified atom stereocenters. The molecule has 4 nitrogen and oxygen atoms in total. The monoisotopic (exact) mass is 359 g/mol. The van der Waals surface area contributed by atoms with Crippen molar-refractivity contribution in [2.75, 3.05) is 0 Å². The van der Waals surface area contributed by atoms with Crippen molar-refractivity contribution >= 4 is 46.2 Å². The van der Waals surface area contributed by atoms with E-state index in [1.54, 1.807) is 18.3 Å². The third-order valence-corrected chi connectivity index (χ3v) is 4.53. The lowest BCUT2D eigenvalue weighted by Crippen LogP contribution is -2.18. The fourth-order valence-corrected chi connectivity index (χ4v) is 3.10. The molecule has 3 aromatic rings. The van der Waals surface area contributed by atoms with Gasteiger partial charge in [-0.1, -0.05) is 41.4 Å². The Labute approximate surface area is 149 Å². The molecular weight excluding hydrogens is 345 g/mol. The zero-order valence-corrected chi connectivity index (χ0v) is 14.7. The smallest absolute Gasteiger partial charge is 0.272 e. The number of para-hydroxylation sites is 1. The summed E-state index contributed by atoms with van der Waals surface area (Å²) in [6, 6.07) is 12.8. The summed E-state index contributed by atoms with van der Waals surface area (Å²) >= 11 is 11.9. The number of halogens is 2. The second-order valence-corrected chi connectivity index (χ2v) is 6.24. The molecule has 1 N–H and O–H groups in total. The average Bonchev–Trinajstić information content (AvgIpc) is 2.80. The van der Waals surface area contributed by atoms with E-state index in [-0.39, 0.29) is 10.9 Å². The molecule has 2 aromatic carbocycles. The van der Waals surface area contributed by atoms with Gasteiger partial charge in [0.2, 0.25) is 0 Å². The fourth-order valence-electron chi connectivity index (χ4n) is 2.60. The van der Waals surface area contributed by atoms with Gasteiger partial charge in [0.15, 0.2) is 0 Å². The molecule has 122 valence electrons. The number of nitrogens with zero attached hydrogens (tertiary/aromatic N) is 2. The standard InChI is InChI=1S/C18H15Cl2N3O/c1-11-15(13-5-3-4-6-17(13)23(11)2)10-21-22-18(24)14-8-7-12(19)9-16(14)20/h3-10H,1-2H3,(H,22,24)/b21-10-. The summed E-state index contributed by atoms with van der Waals surface area (Å²) in [7, 11) is 2.00. The van der Waals surface area contributed by atoms with Crippen molar-refractivity contribution in [3.05, 3.63) is 69.3 Å². The Morgan fingerprint density at radius 1 is 1.21 bits per heavy atom. The molecule has 1 aromatic heterocycles. The molecule has 0 fully saturated rings. The number of carbonyl (C=O) groups is 1. The van der Waals surface area contributed by atoms with Gasteiger partial charge in [-0.05, 0) is 31.2 Å². The number of hydrazone groups is 1. The molecule has 3 rings (SSSR count). The first-order valence-electron chi connectivity index (χ1n) is 7.31. The van der Waals surface area contributed by atoms with Crippen LogP contribution in [0.3, 0.4) is 0 Å². The Balaban J connectivity index is 1.85. The van der Waals surface area contributed by atoms with E-state index in [4.69, 9.17) is 23.2 Å². The van der Waals surface area contributed by atoms with E-state index >= 15 is 0 Å². The molecular formula is C18H15Cl2N3O. The van der Waals surface area contributed by atoms with Gasteiger partial charge in [-0.2, -0.15) is 5.10 Å². The summed E-state index contributed by atoms with van der Waals surface area (Å²) in [5, 5.41) is 5.93. The molecule has 0 bridgehead atoms. The minimum Gasteiger partial charge on any atom is -0.347 e. The predicted molar refractivity (Wildman–Crippen MR) is 99.2 cm³/mol. The molecule has 0 aliphatic carbocycles. The normalized spacial score (nSPS) is 11.3. The van der Waals surface area contributed by atoms with Crippen LogP contribution < -0.4 is 5.43 Å². The minimum atomic E-state index is -0.384. The Kier molecular flexibility index (Phi) is 4.60. The van der Waals surface area contributed by atoms with E-state index in [9.17, 15) is 4.79 Å². The summed E-state index contributed by atoms with van der Waals surface area (Å²) in [6.07, 6.45) is 1.65. The van der Waals surface area contributed by atoms with Gasteiger partial charge in [-0.15, -0.1) is 0 Å². The topological polar surface area (TPSA) is 46.4 Å². The Hall–Kier alpha value is -2.30. The van der Waals surface area contributed by atoms with E-state index in [1.807, 2.05) is 38.2 Å². The van der Waals surface area contributed by atoms with Gasteiger partial charge in [0.1, 0.15) is 0 Å². The van der Waals surface area contributed by atoms with Crippen LogP contribution in [-0.2, 0) is 7.05 Å². The lowest BCUT2D eigenvalue weighted by atomic mass is 10.1. The largest absolute Gasteiger partial charge is 0.347 e. The molecule has 0 radical (unpaired) electrons. The van der Waals surface area contributed by atoms with Crippen LogP contribution in [0.2, 0.25) is 10.0 Å². The summed E-state index contributed by atoms with van der Waals surface area (Å²) < 4.78 is 2.09. The number of amides is 1. The van der Waals surface area contributed by atoms with Crippen molar-refractivity contribution in [1.29, 1.82) is 0 Å². The molecule has 1 amide bonds. The summed E-state index contributed by atoms with van der Waals surface area (Å²) in [5.74, 6) is -0.384. The first kappa shape index (κ1) is 16.6. The minimum absolute atomic E-state index is 0.288. The van der Waals surface area contributed by atoms with Gasteiger partial charge in [0, 0.05) is 34.2 Å². The molecule has 0 aliphatic rings. The maximum Gasteiger partial charge on any atom is 0.272 e. The lowest BCUT2D eigenvalue weighted by Gasteiger charge is -2.03. The zero-order valence-electron chi connectivity index (χ0n) is 13.2. The van der Waals surface area contributed by atoms with Gasteiger partial charge in [-0.25, -0.2) is 5.43 Å². The molecule has 0 saturated heterocycles. The van der Waals surface area contributed by atoms with Crippen molar-refractivity contribution in [3.8, 4) is 0 Å². The number of hydrogen-bond acceptors (Lipinski definition) is 2. The van der Waals surface area contributed by atoms with Crippen LogP contribution in [0.25, 0.3) is 10.9 Å². The highest BCUT2D eigenvalue weighted by atomic mass is 35.5. The van der Waals surface area contributed by atoms with E-state index in [0.717, 1.165) is 22.2 Å². The second-order valence-electron chi connectivity index (χ2n) is 5.40. The number of nitrogens with one attached hydrogen (secondary N) is 1. The lowest BCUT2D eigenvalue weighted by molar-refractivity contribution is 0.0955. The first-order valence-corrected chi connectivity index (χ1v) is 8.07. The maximum atomic E-state index is 12.2. The number of benzene rings is 2. The number of carbonyl (C=O) groups excluding carboxylic acids is 1. The maximum absolute atomic E-state index is 12.2. The second kappa shape index (κ2) is 6.67. The number of fused-ring (bicyclic) bond motifs is 1. The number of aromatic nitrogens is 1. The fraction of sp³-hybridized carbons (Fsp3) is 0.111. The van der Waals surface area contributed by atoms with Gasteiger partial charge in [0.25, 0.3) is 5.91 Å². The Morgan fingerprint density at radius 2 is 1.96 bits per heavy atom. The average molecular weight is 360 g/mol. The quantitative estimate of drug-likeness (QED) is 0.540. The molecule has 24 heavy (non-hydrogen) atoms. The highest BCUT2D eigenvalue weighted by Crippen LogP contribution is 2.23. The van der Waals surface area contributed by atoms with Gasteiger partial charge >= 0.3 is 0 Å². The third-order valence-electron chi connectivity index (χ3n) is 3.98. The van der Waals surface area contributed by atoms with Crippen LogP contribution in [-0.4, -0.2) is 16.7 Å². The number of aryl methyl sites for hydroxylation is 1. The molecule has 0 atom stereocenters. The zero-order chi connectivity index (χ0) is 17.3. The van der Waals surface area contributed by atoms with E-state index < -0.39 is 0 Å². The Morgan fingerprint density at radius 3 is 2.71 bits per heavy atom. The van der Waals surface area contributed by atoms with Gasteiger partial charge in [-0.3, -0.25) is 4.79 Å². The van der Waals surface area contributed by atoms with Crippen molar-refractivity contribution in [1.82, 2.24) is 9.99 Å². The van der Waals surface area contributed by atoms with Crippen LogP contribution in [0.4, 0.5) is 0 Å². The summed E-state index contributed by atoms with van der Waals surface area (Å²) in [5.41, 5.74) is 5.98. The van der Waals surface area contributed by atoms with Crippen molar-refractivity contribution < 1.29 is 4.79 Å². The Bertz CT molecular complexity index is 960. The number of rotatable bonds is 3. The molecule has 0 saturated carbocycles. The van der Waals surface area contributed by atoms with Crippen LogP contribution >= 0.6 is 23.2 Å². The van der Waals surface area contributed by atoms with Crippen LogP contribution in [0.15, 0.2) is 47.6 Å². The SMILES string of the molecule is Cc1c(/C=N\NC(=O)c2ccc(Cl)cc2Cl)c2ccccc2n1C. The molecule has 0 aliphatic heterocycles. The van der Waals surface area contributed by atoms with Crippen LogP contribution in [0.5, 0.6) is 0 Å². The van der Waals surface area contributed by atoms with Gasteiger partial charge in [0.05, 0.1) is 16.8 Å². The molecule has 0 spiro atoms. The van der Waals surface area contributed by atoms with Crippen molar-refractivity contribution in [2.45, 2.75) is 6.92 Å². The van der Waals surface area contributed by atoms with Crippen molar-refractivity contribution in [2.24, 2.45) is 12.1 Å². The van der Waals surface area contributed by atoms with Gasteiger partial charge < -0.3 is 4.57 Å². The van der Waals surface area contributed by atoms with E-state index in [1.165, 1.54) is 6.07 Å². The highest BCUT2D eigenvalue weighted by molar-refractivity contribution is 6.36. The predicted octanol–water partition coefficient (Wildman–Crippen LogP) is 4.56. The van der Waals surface area contributed by atoms with E-state index in [2.05, 4.69) is 15.1 Å². The first-order chi connectivity index (χ1) is 11.5. The third kappa shape index (κ3) is 3.03. The van der Waals surface area contributed by atoms with Crippen molar-refractivity contribution in [3.63, 3.8) is 0 Å². The molecule has 1 heterocycles. The summed E-state index contributed by atoms with van der Waals surface area (Å²) in [4.78, 5) is 12.2. The van der Waals surface area contributed by atoms with E-state index in [0.29, 0.717) is 10.6 Å². The number of hydrogen-bond donors (Lipinski definition) is 1. The highest BCUT2D eigenvalue weighted by Gasteiger charge is 2.11.